The molecule has 1 aliphatic rings. The van der Waals surface area contributed by atoms with Gasteiger partial charge in [0, 0.05) is 18.0 Å². The van der Waals surface area contributed by atoms with Crippen LogP contribution >= 0.6 is 0 Å². The second kappa shape index (κ2) is 10.4. The van der Waals surface area contributed by atoms with Crippen LogP contribution in [0.5, 0.6) is 0 Å². The van der Waals surface area contributed by atoms with Crippen molar-refractivity contribution in [1.82, 2.24) is 10.3 Å². The third-order valence-electron chi connectivity index (χ3n) is 6.09. The third kappa shape index (κ3) is 5.36. The number of hydrogen-bond acceptors (Lipinski definition) is 3. The number of carbonyl (C=O) groups is 1. The van der Waals surface area contributed by atoms with E-state index in [4.69, 9.17) is 0 Å². The van der Waals surface area contributed by atoms with Crippen LogP contribution in [0.3, 0.4) is 0 Å². The molecule has 0 spiro atoms. The molecule has 1 atom stereocenters. The molecule has 190 valence electrons. The minimum atomic E-state index is -4.46. The number of aliphatic imine (C=N–C) groups is 2. The zero-order valence-electron chi connectivity index (χ0n) is 19.8. The molecule has 5 rings (SSSR count). The van der Waals surface area contributed by atoms with Gasteiger partial charge in [-0.3, -0.25) is 15.1 Å². The zero-order chi connectivity index (χ0) is 26.7. The smallest absolute Gasteiger partial charge is 0.294 e. The van der Waals surface area contributed by atoms with Gasteiger partial charge in [0.25, 0.3) is 0 Å². The van der Waals surface area contributed by atoms with Gasteiger partial charge in [0.15, 0.2) is 0 Å². The number of alkyl halides is 3. The largest absolute Gasteiger partial charge is 0.416 e. The molecule has 0 saturated carbocycles. The molecule has 1 amide bonds. The topological polar surface area (TPSA) is 66.7 Å². The summed E-state index contributed by atoms with van der Waals surface area (Å²) in [7, 11) is 0. The Kier molecular flexibility index (Phi) is 6.83. The predicted molar refractivity (Wildman–Crippen MR) is 136 cm³/mol. The van der Waals surface area contributed by atoms with E-state index in [0.717, 1.165) is 12.1 Å². The molecule has 0 radical (unpaired) electrons. The Morgan fingerprint density at radius 2 is 1.61 bits per heavy atom. The first kappa shape index (κ1) is 25.0. The molecule has 1 aromatic heterocycles. The molecule has 38 heavy (non-hydrogen) atoms. The van der Waals surface area contributed by atoms with E-state index in [1.807, 2.05) is 0 Å². The molecular formula is C29H20F4N4O. The fourth-order valence-corrected chi connectivity index (χ4v) is 4.27. The van der Waals surface area contributed by atoms with Gasteiger partial charge in [-0.25, -0.2) is 14.4 Å². The Labute approximate surface area is 215 Å². The molecule has 9 heteroatoms. The van der Waals surface area contributed by atoms with E-state index in [2.05, 4.69) is 20.3 Å². The van der Waals surface area contributed by atoms with Gasteiger partial charge in [0.05, 0.1) is 17.8 Å². The second-order valence-electron chi connectivity index (χ2n) is 8.58. The molecule has 0 aliphatic carbocycles. The van der Waals surface area contributed by atoms with Crippen molar-refractivity contribution in [2.45, 2.75) is 18.6 Å². The fraction of sp³-hybridized carbons (Fsp3) is 0.103. The van der Waals surface area contributed by atoms with E-state index >= 15 is 0 Å². The average Bonchev–Trinajstić information content (AvgIpc) is 2.92. The molecule has 2 heterocycles. The van der Waals surface area contributed by atoms with Crippen LogP contribution in [0.25, 0.3) is 11.1 Å². The number of carbonyl (C=O) groups excluding carboxylic acids is 1. The Bertz CT molecular complexity index is 1530. The predicted octanol–water partition coefficient (Wildman–Crippen LogP) is 6.17. The highest BCUT2D eigenvalue weighted by Gasteiger charge is 2.33. The maximum atomic E-state index is 13.5. The second-order valence-corrected chi connectivity index (χ2v) is 8.58. The van der Waals surface area contributed by atoms with E-state index in [1.165, 1.54) is 30.3 Å². The quantitative estimate of drug-likeness (QED) is 0.323. The van der Waals surface area contributed by atoms with E-state index in [-0.39, 0.29) is 18.4 Å². The molecule has 0 fully saturated rings. The summed E-state index contributed by atoms with van der Waals surface area (Å²) in [6.07, 6.45) is -1.31. The summed E-state index contributed by atoms with van der Waals surface area (Å²) in [5, 5.41) is 2.70. The zero-order valence-corrected chi connectivity index (χ0v) is 19.8. The maximum Gasteiger partial charge on any atom is 0.416 e. The van der Waals surface area contributed by atoms with Crippen molar-refractivity contribution in [1.29, 1.82) is 0 Å². The van der Waals surface area contributed by atoms with Gasteiger partial charge in [-0.1, -0.05) is 48.5 Å². The van der Waals surface area contributed by atoms with E-state index in [1.54, 1.807) is 54.9 Å². The molecular weight excluding hydrogens is 496 g/mol. The Hall–Kier alpha value is -4.66. The van der Waals surface area contributed by atoms with Gasteiger partial charge in [-0.15, -0.1) is 0 Å². The van der Waals surface area contributed by atoms with E-state index in [0.29, 0.717) is 33.5 Å². The summed E-state index contributed by atoms with van der Waals surface area (Å²) >= 11 is 0. The highest BCUT2D eigenvalue weighted by atomic mass is 19.4. The van der Waals surface area contributed by atoms with Crippen LogP contribution in [0.1, 0.15) is 28.2 Å². The molecule has 1 N–H and O–H groups in total. The number of guanidine groups is 1. The maximum absolute atomic E-state index is 13.5. The Morgan fingerprint density at radius 3 is 2.34 bits per heavy atom. The van der Waals surface area contributed by atoms with Crippen LogP contribution in [0.15, 0.2) is 107 Å². The van der Waals surface area contributed by atoms with Crippen molar-refractivity contribution in [3.05, 3.63) is 125 Å². The van der Waals surface area contributed by atoms with Crippen LogP contribution < -0.4 is 5.32 Å². The van der Waals surface area contributed by atoms with Gasteiger partial charge in [-0.05, 0) is 58.7 Å². The van der Waals surface area contributed by atoms with Gasteiger partial charge >= 0.3 is 6.18 Å². The molecule has 1 aliphatic heterocycles. The Balaban J connectivity index is 1.51. The summed E-state index contributed by atoms with van der Waals surface area (Å²) in [5.74, 6) is -1.54. The van der Waals surface area contributed by atoms with Gasteiger partial charge in [0.2, 0.25) is 11.9 Å². The molecule has 5 nitrogen and oxygen atoms in total. The lowest BCUT2D eigenvalue weighted by molar-refractivity contribution is -0.137. The minimum Gasteiger partial charge on any atom is -0.294 e. The highest BCUT2D eigenvalue weighted by Crippen LogP contribution is 2.33. The molecule has 0 saturated heterocycles. The number of benzene rings is 3. The first-order valence-corrected chi connectivity index (χ1v) is 11.6. The number of pyridine rings is 1. The van der Waals surface area contributed by atoms with Crippen molar-refractivity contribution in [2.24, 2.45) is 9.98 Å². The van der Waals surface area contributed by atoms with Crippen molar-refractivity contribution in [2.75, 3.05) is 0 Å². The lowest BCUT2D eigenvalue weighted by atomic mass is 9.88. The number of nitrogens with zero attached hydrogens (tertiary/aromatic N) is 3. The van der Waals surface area contributed by atoms with Crippen molar-refractivity contribution in [3.63, 3.8) is 0 Å². The van der Waals surface area contributed by atoms with Crippen molar-refractivity contribution >= 4 is 17.6 Å². The fourth-order valence-electron chi connectivity index (χ4n) is 4.27. The Morgan fingerprint density at radius 1 is 0.868 bits per heavy atom. The number of nitrogens with one attached hydrogen (secondary N) is 1. The summed E-state index contributed by atoms with van der Waals surface area (Å²) in [5.41, 5.74) is 2.56. The number of hydrogen-bond donors (Lipinski definition) is 1. The van der Waals surface area contributed by atoms with Crippen molar-refractivity contribution < 1.29 is 22.4 Å². The summed E-state index contributed by atoms with van der Waals surface area (Å²) < 4.78 is 53.3. The summed E-state index contributed by atoms with van der Waals surface area (Å²) in [6, 6.07) is 21.1. The van der Waals surface area contributed by atoms with Gasteiger partial charge < -0.3 is 0 Å². The minimum absolute atomic E-state index is 0.0658. The first-order valence-electron chi connectivity index (χ1n) is 11.6. The normalized spacial score (nSPS) is 16.7. The van der Waals surface area contributed by atoms with Crippen LogP contribution in [-0.4, -0.2) is 22.6 Å². The van der Waals surface area contributed by atoms with Gasteiger partial charge in [-0.2, -0.15) is 13.2 Å². The lowest BCUT2D eigenvalue weighted by Gasteiger charge is -2.24. The number of aromatic nitrogens is 1. The SMILES string of the molecule is O=C1NC(=NCc2ccccc2-c2cccc(C(F)(F)F)c2)N=C(c2ccncc2)C1c1ccc(F)cc1. The molecule has 0 bridgehead atoms. The monoisotopic (exact) mass is 516 g/mol. The van der Waals surface area contributed by atoms with Crippen molar-refractivity contribution in [3.8, 4) is 11.1 Å². The molecule has 4 aromatic rings. The number of amides is 1. The standard InChI is InChI=1S/C29H20F4N4O/c30-23-10-8-18(9-11-23)25-26(19-12-14-34-15-13-19)36-28(37-27(25)38)35-17-21-4-1-2-7-24(21)20-5-3-6-22(16-20)29(31,32)33/h1-16,25H,17H2,(H,35,37,38). The van der Waals surface area contributed by atoms with Crippen LogP contribution in [-0.2, 0) is 17.5 Å². The van der Waals surface area contributed by atoms with Gasteiger partial charge in [0.1, 0.15) is 11.7 Å². The summed E-state index contributed by atoms with van der Waals surface area (Å²) in [4.78, 5) is 26.3. The average molecular weight is 516 g/mol. The highest BCUT2D eigenvalue weighted by molar-refractivity contribution is 6.26. The van der Waals surface area contributed by atoms with Crippen LogP contribution in [0, 0.1) is 5.82 Å². The van der Waals surface area contributed by atoms with Crippen LogP contribution in [0.2, 0.25) is 0 Å². The van der Waals surface area contributed by atoms with E-state index in [9.17, 15) is 22.4 Å². The molecule has 3 aromatic carbocycles. The van der Waals surface area contributed by atoms with Crippen LogP contribution in [0.4, 0.5) is 17.6 Å². The molecule has 1 unspecified atom stereocenters. The summed E-state index contributed by atoms with van der Waals surface area (Å²) in [6.45, 7) is 0.0658. The number of halogens is 4. The first-order chi connectivity index (χ1) is 18.3. The van der Waals surface area contributed by atoms with E-state index < -0.39 is 23.5 Å². The third-order valence-corrected chi connectivity index (χ3v) is 6.09. The lowest BCUT2D eigenvalue weighted by Crippen LogP contribution is -2.42. The number of rotatable bonds is 5.